The molecule has 128 valence electrons. The molecule has 1 saturated carbocycles. The Balaban J connectivity index is 1.74. The van der Waals surface area contributed by atoms with E-state index in [4.69, 9.17) is 5.11 Å². The molecule has 1 heterocycles. The summed E-state index contributed by atoms with van der Waals surface area (Å²) in [6.07, 6.45) is 1.71. The number of carbonyl (C=O) groups excluding carboxylic acids is 2. The number of benzene rings is 1. The van der Waals surface area contributed by atoms with Crippen LogP contribution in [0.15, 0.2) is 30.3 Å². The van der Waals surface area contributed by atoms with Crippen molar-refractivity contribution in [3.05, 3.63) is 30.3 Å². The van der Waals surface area contributed by atoms with Crippen LogP contribution in [0.3, 0.4) is 0 Å². The van der Waals surface area contributed by atoms with Crippen molar-refractivity contribution in [1.82, 2.24) is 4.90 Å². The monoisotopic (exact) mass is 330 g/mol. The van der Waals surface area contributed by atoms with Gasteiger partial charge in [0.2, 0.25) is 11.8 Å². The van der Waals surface area contributed by atoms with Crippen LogP contribution >= 0.6 is 0 Å². The summed E-state index contributed by atoms with van der Waals surface area (Å²) in [7, 11) is 0. The summed E-state index contributed by atoms with van der Waals surface area (Å²) in [5.74, 6) is -2.28. The Morgan fingerprint density at radius 2 is 1.83 bits per heavy atom. The van der Waals surface area contributed by atoms with Gasteiger partial charge in [-0.2, -0.15) is 0 Å². The molecule has 2 aliphatic rings. The number of carboxylic acids is 1. The molecule has 3 atom stereocenters. The maximum Gasteiger partial charge on any atom is 0.307 e. The molecule has 0 spiro atoms. The van der Waals surface area contributed by atoms with E-state index in [0.717, 1.165) is 5.69 Å². The Kier molecular flexibility index (Phi) is 4.55. The van der Waals surface area contributed by atoms with Gasteiger partial charge in [-0.3, -0.25) is 14.4 Å². The van der Waals surface area contributed by atoms with Gasteiger partial charge in [-0.1, -0.05) is 18.2 Å². The first-order valence-corrected chi connectivity index (χ1v) is 8.44. The number of likely N-dealkylation sites (N-methyl/N-ethyl adjacent to an activating group) is 1. The molecule has 1 aliphatic carbocycles. The van der Waals surface area contributed by atoms with Crippen LogP contribution in [0, 0.1) is 11.8 Å². The number of aliphatic carboxylic acids is 1. The van der Waals surface area contributed by atoms with E-state index in [9.17, 15) is 14.4 Å². The normalized spacial score (nSPS) is 26.1. The van der Waals surface area contributed by atoms with E-state index in [2.05, 4.69) is 0 Å². The average Bonchev–Trinajstić information content (AvgIpc) is 2.89. The maximum absolute atomic E-state index is 12.8. The largest absolute Gasteiger partial charge is 0.481 e. The fourth-order valence-electron chi connectivity index (χ4n) is 3.65. The summed E-state index contributed by atoms with van der Waals surface area (Å²) in [5.41, 5.74) is 0.834. The molecule has 0 radical (unpaired) electrons. The second kappa shape index (κ2) is 6.63. The molecule has 3 rings (SSSR count). The van der Waals surface area contributed by atoms with Crippen molar-refractivity contribution < 1.29 is 19.5 Å². The fraction of sp³-hybridized carbons (Fsp3) is 0.500. The number of nitrogens with zero attached hydrogens (tertiary/aromatic N) is 2. The van der Waals surface area contributed by atoms with E-state index in [0.29, 0.717) is 32.4 Å². The highest BCUT2D eigenvalue weighted by Crippen LogP contribution is 2.37. The first-order chi connectivity index (χ1) is 11.5. The number of rotatable bonds is 5. The predicted molar refractivity (Wildman–Crippen MR) is 88.4 cm³/mol. The summed E-state index contributed by atoms with van der Waals surface area (Å²) < 4.78 is 0. The third-order valence-corrected chi connectivity index (χ3v) is 5.15. The summed E-state index contributed by atoms with van der Waals surface area (Å²) in [5, 5.41) is 9.17. The Hall–Kier alpha value is -2.37. The summed E-state index contributed by atoms with van der Waals surface area (Å²) >= 11 is 0. The predicted octanol–water partition coefficient (Wildman–Crippen LogP) is 1.75. The molecule has 2 fully saturated rings. The van der Waals surface area contributed by atoms with Gasteiger partial charge in [0, 0.05) is 18.8 Å². The average molecular weight is 330 g/mol. The van der Waals surface area contributed by atoms with Gasteiger partial charge in [0.05, 0.1) is 11.8 Å². The lowest BCUT2D eigenvalue weighted by Crippen LogP contribution is -2.52. The number of carboxylic acid groups (broad SMARTS) is 1. The van der Waals surface area contributed by atoms with Crippen LogP contribution in [0.25, 0.3) is 0 Å². The van der Waals surface area contributed by atoms with Gasteiger partial charge in [-0.05, 0) is 38.3 Å². The van der Waals surface area contributed by atoms with Crippen molar-refractivity contribution >= 4 is 23.5 Å². The lowest BCUT2D eigenvalue weighted by molar-refractivity contribution is -0.158. The molecule has 0 aromatic heterocycles. The number of hydrogen-bond donors (Lipinski definition) is 1. The topological polar surface area (TPSA) is 77.9 Å². The van der Waals surface area contributed by atoms with Gasteiger partial charge in [0.15, 0.2) is 0 Å². The SMILES string of the molecule is CCN(C(=O)C1CCC1C(=O)O)C1CCN(c2ccccc2)C1=O. The van der Waals surface area contributed by atoms with E-state index >= 15 is 0 Å². The second-order valence-corrected chi connectivity index (χ2v) is 6.38. The second-order valence-electron chi connectivity index (χ2n) is 6.38. The molecule has 6 nitrogen and oxygen atoms in total. The molecule has 1 aliphatic heterocycles. The zero-order valence-corrected chi connectivity index (χ0v) is 13.7. The molecule has 6 heteroatoms. The highest BCUT2D eigenvalue weighted by Gasteiger charge is 2.46. The summed E-state index contributed by atoms with van der Waals surface area (Å²) in [6, 6.07) is 8.93. The van der Waals surface area contributed by atoms with Crippen molar-refractivity contribution in [3.63, 3.8) is 0 Å². The number of para-hydroxylation sites is 1. The van der Waals surface area contributed by atoms with E-state index < -0.39 is 23.8 Å². The van der Waals surface area contributed by atoms with Crippen LogP contribution < -0.4 is 4.90 Å². The molecule has 24 heavy (non-hydrogen) atoms. The highest BCUT2D eigenvalue weighted by atomic mass is 16.4. The minimum Gasteiger partial charge on any atom is -0.481 e. The van der Waals surface area contributed by atoms with Crippen LogP contribution in [0.1, 0.15) is 26.2 Å². The first kappa shape index (κ1) is 16.5. The number of amides is 2. The fourth-order valence-corrected chi connectivity index (χ4v) is 3.65. The van der Waals surface area contributed by atoms with Crippen LogP contribution in [-0.2, 0) is 14.4 Å². The number of carbonyl (C=O) groups is 3. The summed E-state index contributed by atoms with van der Waals surface area (Å²) in [4.78, 5) is 40.0. The molecule has 1 N–H and O–H groups in total. The molecule has 2 amide bonds. The Morgan fingerprint density at radius 3 is 2.38 bits per heavy atom. The third-order valence-electron chi connectivity index (χ3n) is 5.15. The van der Waals surface area contributed by atoms with Crippen molar-refractivity contribution in [2.75, 3.05) is 18.0 Å². The first-order valence-electron chi connectivity index (χ1n) is 8.44. The summed E-state index contributed by atoms with van der Waals surface area (Å²) in [6.45, 7) is 2.83. The number of anilines is 1. The lowest BCUT2D eigenvalue weighted by Gasteiger charge is -2.37. The molecule has 3 unspecified atom stereocenters. The molecule has 1 aromatic rings. The zero-order chi connectivity index (χ0) is 17.3. The van der Waals surface area contributed by atoms with Crippen LogP contribution in [-0.4, -0.2) is 46.9 Å². The van der Waals surface area contributed by atoms with Crippen LogP contribution in [0.4, 0.5) is 5.69 Å². The van der Waals surface area contributed by atoms with Gasteiger partial charge in [-0.25, -0.2) is 0 Å². The Bertz CT molecular complexity index is 646. The van der Waals surface area contributed by atoms with Crippen LogP contribution in [0.5, 0.6) is 0 Å². The van der Waals surface area contributed by atoms with Gasteiger partial charge >= 0.3 is 5.97 Å². The lowest BCUT2D eigenvalue weighted by atomic mass is 9.72. The minimum absolute atomic E-state index is 0.0809. The molecular formula is C18H22N2O4. The van der Waals surface area contributed by atoms with Gasteiger partial charge in [0.25, 0.3) is 0 Å². The van der Waals surface area contributed by atoms with Crippen molar-refractivity contribution in [3.8, 4) is 0 Å². The molecule has 0 bridgehead atoms. The van der Waals surface area contributed by atoms with Crippen LogP contribution in [0.2, 0.25) is 0 Å². The quantitative estimate of drug-likeness (QED) is 0.892. The standard InChI is InChI=1S/C18H22N2O4/c1-2-19(16(21)13-8-9-14(13)18(23)24)15-10-11-20(17(15)22)12-6-4-3-5-7-12/h3-7,13-15H,2,8-11H2,1H3,(H,23,24). The van der Waals surface area contributed by atoms with Gasteiger partial charge < -0.3 is 14.9 Å². The smallest absolute Gasteiger partial charge is 0.307 e. The molecule has 1 aromatic carbocycles. The van der Waals surface area contributed by atoms with Crippen molar-refractivity contribution in [2.24, 2.45) is 11.8 Å². The third kappa shape index (κ3) is 2.77. The maximum atomic E-state index is 12.8. The Labute approximate surface area is 141 Å². The molecular weight excluding hydrogens is 308 g/mol. The van der Waals surface area contributed by atoms with Crippen molar-refractivity contribution in [1.29, 1.82) is 0 Å². The number of hydrogen-bond acceptors (Lipinski definition) is 3. The zero-order valence-electron chi connectivity index (χ0n) is 13.7. The van der Waals surface area contributed by atoms with E-state index in [1.54, 1.807) is 9.80 Å². The van der Waals surface area contributed by atoms with Gasteiger partial charge in [0.1, 0.15) is 6.04 Å². The van der Waals surface area contributed by atoms with E-state index in [1.807, 2.05) is 37.3 Å². The van der Waals surface area contributed by atoms with Crippen molar-refractivity contribution in [2.45, 2.75) is 32.2 Å². The Morgan fingerprint density at radius 1 is 1.17 bits per heavy atom. The highest BCUT2D eigenvalue weighted by molar-refractivity contribution is 6.01. The van der Waals surface area contributed by atoms with Gasteiger partial charge in [-0.15, -0.1) is 0 Å². The minimum atomic E-state index is -0.917. The van der Waals surface area contributed by atoms with E-state index in [-0.39, 0.29) is 11.8 Å². The van der Waals surface area contributed by atoms with E-state index in [1.165, 1.54) is 0 Å². The molecule has 1 saturated heterocycles.